The third kappa shape index (κ3) is 3.88. The Morgan fingerprint density at radius 3 is 2.61 bits per heavy atom. The van der Waals surface area contributed by atoms with Crippen molar-refractivity contribution in [2.45, 2.75) is 11.9 Å². The van der Waals surface area contributed by atoms with Gasteiger partial charge in [-0.1, -0.05) is 12.1 Å². The molecule has 3 rings (SSSR count). The van der Waals surface area contributed by atoms with Crippen LogP contribution in [-0.4, -0.2) is 36.9 Å². The van der Waals surface area contributed by atoms with Gasteiger partial charge in [-0.3, -0.25) is 0 Å². The summed E-state index contributed by atoms with van der Waals surface area (Å²) in [5, 5.41) is 0. The Bertz CT molecular complexity index is 793. The molecule has 2 aromatic rings. The fourth-order valence-electron chi connectivity index (χ4n) is 2.20. The van der Waals surface area contributed by atoms with Gasteiger partial charge in [0.25, 0.3) is 0 Å². The van der Waals surface area contributed by atoms with Crippen molar-refractivity contribution in [3.8, 4) is 5.88 Å². The van der Waals surface area contributed by atoms with E-state index in [0.717, 1.165) is 4.47 Å². The van der Waals surface area contributed by atoms with Crippen LogP contribution in [0.1, 0.15) is 5.56 Å². The lowest BCUT2D eigenvalue weighted by Crippen LogP contribution is -2.56. The Kier molecular flexibility index (Phi) is 4.65. The number of benzene rings is 1. The largest absolute Gasteiger partial charge is 0.471 e. The summed E-state index contributed by atoms with van der Waals surface area (Å²) in [5.74, 6) is -0.0783. The Balaban J connectivity index is 1.57. The van der Waals surface area contributed by atoms with Gasteiger partial charge in [0.05, 0.1) is 23.3 Å². The third-order valence-corrected chi connectivity index (χ3v) is 5.86. The lowest BCUT2D eigenvalue weighted by molar-refractivity contribution is 0.0712. The minimum atomic E-state index is -3.43. The van der Waals surface area contributed by atoms with Crippen molar-refractivity contribution in [2.24, 2.45) is 0 Å². The molecule has 0 N–H and O–H groups in total. The first-order valence-electron chi connectivity index (χ1n) is 6.93. The molecule has 0 spiro atoms. The highest BCUT2D eigenvalue weighted by molar-refractivity contribution is 9.10. The number of hydrogen-bond donors (Lipinski definition) is 0. The first-order valence-corrected chi connectivity index (χ1v) is 9.34. The second-order valence-electron chi connectivity index (χ2n) is 5.23. The first kappa shape index (κ1) is 16.4. The van der Waals surface area contributed by atoms with Crippen LogP contribution in [0.4, 0.5) is 4.39 Å². The summed E-state index contributed by atoms with van der Waals surface area (Å²) >= 11 is 3.33. The fraction of sp³-hybridized carbons (Fsp3) is 0.267. The SMILES string of the molecule is O=S(=O)(Cc1ccc(F)cc1)N1CC(Oc2ncccc2Br)C1. The summed E-state index contributed by atoms with van der Waals surface area (Å²) in [6.07, 6.45) is 1.39. The molecule has 1 aromatic carbocycles. The predicted molar refractivity (Wildman–Crippen MR) is 86.9 cm³/mol. The molecule has 0 unspecified atom stereocenters. The summed E-state index contributed by atoms with van der Waals surface area (Å²) < 4.78 is 45.2. The number of nitrogens with zero attached hydrogens (tertiary/aromatic N) is 2. The Morgan fingerprint density at radius 2 is 1.96 bits per heavy atom. The Hall–Kier alpha value is -1.51. The van der Waals surface area contributed by atoms with Gasteiger partial charge < -0.3 is 4.74 Å². The van der Waals surface area contributed by atoms with Crippen molar-refractivity contribution in [1.82, 2.24) is 9.29 Å². The van der Waals surface area contributed by atoms with E-state index < -0.39 is 10.0 Å². The number of sulfonamides is 1. The molecule has 2 heterocycles. The van der Waals surface area contributed by atoms with Crippen LogP contribution in [0.2, 0.25) is 0 Å². The molecule has 23 heavy (non-hydrogen) atoms. The quantitative estimate of drug-likeness (QED) is 0.773. The zero-order chi connectivity index (χ0) is 16.4. The van der Waals surface area contributed by atoms with Gasteiger partial charge in [-0.15, -0.1) is 0 Å². The summed E-state index contributed by atoms with van der Waals surface area (Å²) in [6.45, 7) is 0.569. The lowest BCUT2D eigenvalue weighted by Gasteiger charge is -2.37. The highest BCUT2D eigenvalue weighted by atomic mass is 79.9. The van der Waals surface area contributed by atoms with Crippen molar-refractivity contribution >= 4 is 26.0 Å². The first-order chi connectivity index (χ1) is 10.9. The van der Waals surface area contributed by atoms with Crippen LogP contribution in [0.5, 0.6) is 5.88 Å². The maximum absolute atomic E-state index is 12.9. The molecule has 1 aromatic heterocycles. The predicted octanol–water partition coefficient (Wildman–Crippen LogP) is 2.58. The molecule has 0 radical (unpaired) electrons. The molecule has 0 atom stereocenters. The van der Waals surface area contributed by atoms with Gasteiger partial charge in [-0.2, -0.15) is 4.31 Å². The maximum Gasteiger partial charge on any atom is 0.228 e. The second kappa shape index (κ2) is 6.54. The Morgan fingerprint density at radius 1 is 1.26 bits per heavy atom. The van der Waals surface area contributed by atoms with Crippen molar-refractivity contribution in [3.63, 3.8) is 0 Å². The summed E-state index contributed by atoms with van der Waals surface area (Å²) in [4.78, 5) is 4.09. The van der Waals surface area contributed by atoms with E-state index >= 15 is 0 Å². The number of ether oxygens (including phenoxy) is 1. The third-order valence-electron chi connectivity index (χ3n) is 3.47. The molecule has 0 bridgehead atoms. The van der Waals surface area contributed by atoms with E-state index in [1.54, 1.807) is 12.3 Å². The van der Waals surface area contributed by atoms with Crippen LogP contribution in [-0.2, 0) is 15.8 Å². The summed E-state index contributed by atoms with van der Waals surface area (Å²) in [6, 6.07) is 9.05. The topological polar surface area (TPSA) is 59.5 Å². The fourth-order valence-corrected chi connectivity index (χ4v) is 4.13. The minimum Gasteiger partial charge on any atom is -0.471 e. The van der Waals surface area contributed by atoms with Gasteiger partial charge >= 0.3 is 0 Å². The smallest absolute Gasteiger partial charge is 0.228 e. The molecule has 0 saturated carbocycles. The highest BCUT2D eigenvalue weighted by Crippen LogP contribution is 2.26. The zero-order valence-corrected chi connectivity index (χ0v) is 14.4. The molecule has 1 aliphatic rings. The van der Waals surface area contributed by atoms with Gasteiger partial charge in [0.15, 0.2) is 0 Å². The van der Waals surface area contributed by atoms with Gasteiger partial charge in [0.1, 0.15) is 11.9 Å². The van der Waals surface area contributed by atoms with Crippen LogP contribution in [0.15, 0.2) is 47.1 Å². The van der Waals surface area contributed by atoms with Crippen molar-refractivity contribution < 1.29 is 17.5 Å². The molecule has 1 saturated heterocycles. The molecule has 5 nitrogen and oxygen atoms in total. The van der Waals surface area contributed by atoms with Crippen LogP contribution in [0, 0.1) is 5.82 Å². The van der Waals surface area contributed by atoms with E-state index in [4.69, 9.17) is 4.74 Å². The van der Waals surface area contributed by atoms with E-state index in [0.29, 0.717) is 11.4 Å². The number of halogens is 2. The van der Waals surface area contributed by atoms with E-state index in [1.165, 1.54) is 28.6 Å². The normalized spacial score (nSPS) is 16.1. The van der Waals surface area contributed by atoms with Gasteiger partial charge in [-0.25, -0.2) is 17.8 Å². The molecule has 0 aliphatic carbocycles. The van der Waals surface area contributed by atoms with Gasteiger partial charge in [0.2, 0.25) is 15.9 Å². The highest BCUT2D eigenvalue weighted by Gasteiger charge is 2.37. The molecule has 1 aliphatic heterocycles. The lowest BCUT2D eigenvalue weighted by atomic mass is 10.2. The van der Waals surface area contributed by atoms with Crippen molar-refractivity contribution in [3.05, 3.63) is 58.4 Å². The average molecular weight is 401 g/mol. The van der Waals surface area contributed by atoms with Crippen molar-refractivity contribution in [1.29, 1.82) is 0 Å². The maximum atomic E-state index is 12.9. The number of aromatic nitrogens is 1. The Labute approximate surface area is 142 Å². The molecule has 122 valence electrons. The molecule has 1 fully saturated rings. The monoisotopic (exact) mass is 400 g/mol. The van der Waals surface area contributed by atoms with E-state index in [1.807, 2.05) is 6.07 Å². The molecule has 0 amide bonds. The summed E-state index contributed by atoms with van der Waals surface area (Å²) in [7, 11) is -3.43. The minimum absolute atomic E-state index is 0.146. The number of hydrogen-bond acceptors (Lipinski definition) is 4. The van der Waals surface area contributed by atoms with E-state index in [9.17, 15) is 12.8 Å². The standard InChI is InChI=1S/C15H14BrFN2O3S/c16-14-2-1-7-18-15(14)22-13-8-19(9-13)23(20,21)10-11-3-5-12(17)6-4-11/h1-7,13H,8-10H2. The zero-order valence-electron chi connectivity index (χ0n) is 12.0. The van der Waals surface area contributed by atoms with Crippen LogP contribution >= 0.6 is 15.9 Å². The molecule has 8 heteroatoms. The second-order valence-corrected chi connectivity index (χ2v) is 8.05. The number of pyridine rings is 1. The van der Waals surface area contributed by atoms with E-state index in [2.05, 4.69) is 20.9 Å². The number of rotatable bonds is 5. The van der Waals surface area contributed by atoms with Crippen molar-refractivity contribution in [2.75, 3.05) is 13.1 Å². The van der Waals surface area contributed by atoms with Gasteiger partial charge in [0, 0.05) is 6.20 Å². The molecular weight excluding hydrogens is 387 g/mol. The molecular formula is C15H14BrFN2O3S. The summed E-state index contributed by atoms with van der Waals surface area (Å²) in [5.41, 5.74) is 0.559. The van der Waals surface area contributed by atoms with Crippen LogP contribution < -0.4 is 4.74 Å². The van der Waals surface area contributed by atoms with Crippen LogP contribution in [0.3, 0.4) is 0 Å². The van der Waals surface area contributed by atoms with Gasteiger partial charge in [-0.05, 0) is 45.8 Å². The van der Waals surface area contributed by atoms with E-state index in [-0.39, 0.29) is 30.8 Å². The van der Waals surface area contributed by atoms with Crippen LogP contribution in [0.25, 0.3) is 0 Å². The average Bonchev–Trinajstić information content (AvgIpc) is 2.46.